The molecule has 0 amide bonds. The summed E-state index contributed by atoms with van der Waals surface area (Å²) in [6, 6.07) is 0. The summed E-state index contributed by atoms with van der Waals surface area (Å²) in [7, 11) is 0. The highest BCUT2D eigenvalue weighted by molar-refractivity contribution is 4.81. The van der Waals surface area contributed by atoms with Crippen molar-refractivity contribution in [1.82, 2.24) is 0 Å². The fraction of sp³-hybridized carbons (Fsp3) is 0.667. The summed E-state index contributed by atoms with van der Waals surface area (Å²) in [5.74, 6) is 0. The predicted molar refractivity (Wildman–Crippen MR) is 31.5 cm³/mol. The van der Waals surface area contributed by atoms with Crippen LogP contribution < -0.4 is 0 Å². The van der Waals surface area contributed by atoms with E-state index in [1.807, 2.05) is 0 Å². The van der Waals surface area contributed by atoms with E-state index in [4.69, 9.17) is 5.11 Å². The topological polar surface area (TPSA) is 20.2 Å². The van der Waals surface area contributed by atoms with E-state index >= 15 is 0 Å². The number of hydrogen-bond acceptors (Lipinski definition) is 1. The molecule has 60 valence electrons. The summed E-state index contributed by atoms with van der Waals surface area (Å²) in [6.45, 7) is -0.197. The molecule has 0 aromatic rings. The molecule has 0 spiro atoms. The van der Waals surface area contributed by atoms with Gasteiger partial charge in [-0.05, 0) is 6.42 Å². The Balaban J connectivity index is 3.28. The molecule has 0 fully saturated rings. The van der Waals surface area contributed by atoms with Crippen LogP contribution in [0.2, 0.25) is 0 Å². The van der Waals surface area contributed by atoms with Crippen molar-refractivity contribution in [3.05, 3.63) is 12.2 Å². The molecule has 0 aliphatic rings. The van der Waals surface area contributed by atoms with Crippen molar-refractivity contribution in [3.8, 4) is 0 Å². The number of rotatable bonds is 3. The molecule has 0 heterocycles. The van der Waals surface area contributed by atoms with E-state index < -0.39 is 12.6 Å². The van der Waals surface area contributed by atoms with Gasteiger partial charge in [-0.1, -0.05) is 12.2 Å². The van der Waals surface area contributed by atoms with E-state index in [2.05, 4.69) is 0 Å². The number of aliphatic hydroxyl groups is 1. The highest BCUT2D eigenvalue weighted by Crippen LogP contribution is 2.21. The van der Waals surface area contributed by atoms with Gasteiger partial charge >= 0.3 is 6.18 Å². The lowest BCUT2D eigenvalue weighted by Crippen LogP contribution is -2.05. The Morgan fingerprint density at radius 2 is 1.80 bits per heavy atom. The summed E-state index contributed by atoms with van der Waals surface area (Å²) >= 11 is 0. The lowest BCUT2D eigenvalue weighted by molar-refractivity contribution is -0.133. The average Bonchev–Trinajstić information content (AvgIpc) is 1.78. The van der Waals surface area contributed by atoms with Gasteiger partial charge in [-0.25, -0.2) is 0 Å². The van der Waals surface area contributed by atoms with Gasteiger partial charge in [0.15, 0.2) is 0 Å². The Kier molecular flexibility index (Phi) is 4.11. The maximum Gasteiger partial charge on any atom is 0.389 e. The molecule has 0 bridgehead atoms. The van der Waals surface area contributed by atoms with Gasteiger partial charge in [0.1, 0.15) is 0 Å². The molecule has 1 nitrogen and oxygen atoms in total. The average molecular weight is 154 g/mol. The predicted octanol–water partition coefficient (Wildman–Crippen LogP) is 1.88. The minimum absolute atomic E-state index is 0.0515. The van der Waals surface area contributed by atoms with Gasteiger partial charge in [0.25, 0.3) is 0 Å². The second-order valence-corrected chi connectivity index (χ2v) is 1.81. The van der Waals surface area contributed by atoms with Crippen molar-refractivity contribution in [2.24, 2.45) is 0 Å². The van der Waals surface area contributed by atoms with E-state index in [1.165, 1.54) is 12.2 Å². The third-order valence-corrected chi connectivity index (χ3v) is 0.867. The van der Waals surface area contributed by atoms with Crippen molar-refractivity contribution < 1.29 is 18.3 Å². The largest absolute Gasteiger partial charge is 0.392 e. The second kappa shape index (κ2) is 4.33. The van der Waals surface area contributed by atoms with Crippen molar-refractivity contribution >= 4 is 0 Å². The number of alkyl halides is 3. The van der Waals surface area contributed by atoms with Gasteiger partial charge in [0.05, 0.1) is 6.61 Å². The third-order valence-electron chi connectivity index (χ3n) is 0.867. The summed E-state index contributed by atoms with van der Waals surface area (Å²) in [4.78, 5) is 0. The highest BCUT2D eigenvalue weighted by Gasteiger charge is 2.25. The zero-order valence-electron chi connectivity index (χ0n) is 5.36. The molecule has 0 aromatic heterocycles. The molecule has 0 saturated carbocycles. The van der Waals surface area contributed by atoms with Crippen molar-refractivity contribution in [3.63, 3.8) is 0 Å². The molecule has 0 aliphatic carbocycles. The second-order valence-electron chi connectivity index (χ2n) is 1.81. The molecule has 0 atom stereocenters. The summed E-state index contributed by atoms with van der Waals surface area (Å²) in [5.41, 5.74) is 0. The maximum atomic E-state index is 11.4. The first-order valence-electron chi connectivity index (χ1n) is 2.89. The smallest absolute Gasteiger partial charge is 0.389 e. The lowest BCUT2D eigenvalue weighted by Gasteiger charge is -2.01. The number of allylic oxidation sites excluding steroid dienone is 1. The van der Waals surface area contributed by atoms with Gasteiger partial charge < -0.3 is 5.11 Å². The van der Waals surface area contributed by atoms with Gasteiger partial charge in [-0.2, -0.15) is 13.2 Å². The standard InChI is InChI=1S/C6H9F3O/c7-6(8,9)4-2-1-3-5-10/h1,3,10H,2,4-5H2/b3-1-. The molecule has 0 rings (SSSR count). The highest BCUT2D eigenvalue weighted by atomic mass is 19.4. The third kappa shape index (κ3) is 7.49. The summed E-state index contributed by atoms with van der Waals surface area (Å²) < 4.78 is 34.2. The quantitative estimate of drug-likeness (QED) is 0.615. The van der Waals surface area contributed by atoms with Crippen LogP contribution in [-0.2, 0) is 0 Å². The van der Waals surface area contributed by atoms with E-state index in [9.17, 15) is 13.2 Å². The number of hydrogen-bond donors (Lipinski definition) is 1. The van der Waals surface area contributed by atoms with Crippen molar-refractivity contribution in [1.29, 1.82) is 0 Å². The lowest BCUT2D eigenvalue weighted by atomic mass is 10.3. The Morgan fingerprint density at radius 1 is 1.20 bits per heavy atom. The Labute approximate surface area is 57.2 Å². The molecule has 0 saturated heterocycles. The van der Waals surface area contributed by atoms with Crippen LogP contribution in [0.15, 0.2) is 12.2 Å². The molecular weight excluding hydrogens is 145 g/mol. The zero-order chi connectivity index (χ0) is 8.04. The molecule has 1 N–H and O–H groups in total. The van der Waals surface area contributed by atoms with Crippen LogP contribution in [0.4, 0.5) is 13.2 Å². The molecule has 0 radical (unpaired) electrons. The van der Waals surface area contributed by atoms with E-state index in [-0.39, 0.29) is 13.0 Å². The van der Waals surface area contributed by atoms with Crippen LogP contribution in [-0.4, -0.2) is 17.9 Å². The van der Waals surface area contributed by atoms with Gasteiger partial charge in [-0.3, -0.25) is 0 Å². The molecule has 10 heavy (non-hydrogen) atoms. The summed E-state index contributed by atoms with van der Waals surface area (Å²) in [6.07, 6.45) is -2.34. The zero-order valence-corrected chi connectivity index (χ0v) is 5.36. The van der Waals surface area contributed by atoms with E-state index in [1.54, 1.807) is 0 Å². The van der Waals surface area contributed by atoms with E-state index in [0.29, 0.717) is 0 Å². The van der Waals surface area contributed by atoms with Crippen LogP contribution in [0.3, 0.4) is 0 Å². The first kappa shape index (κ1) is 9.49. The summed E-state index contributed by atoms with van der Waals surface area (Å²) in [5, 5.41) is 8.13. The normalized spacial score (nSPS) is 12.8. The van der Waals surface area contributed by atoms with Crippen LogP contribution in [0.25, 0.3) is 0 Å². The van der Waals surface area contributed by atoms with Crippen LogP contribution in [0.1, 0.15) is 12.8 Å². The molecule has 0 aromatic carbocycles. The van der Waals surface area contributed by atoms with Crippen LogP contribution in [0.5, 0.6) is 0 Å². The first-order valence-corrected chi connectivity index (χ1v) is 2.89. The SMILES string of the molecule is OC/C=C\CCC(F)(F)F. The van der Waals surface area contributed by atoms with Crippen molar-refractivity contribution in [2.45, 2.75) is 19.0 Å². The first-order chi connectivity index (χ1) is 4.56. The maximum absolute atomic E-state index is 11.4. The Morgan fingerprint density at radius 3 is 2.20 bits per heavy atom. The molecule has 4 heteroatoms. The fourth-order valence-electron chi connectivity index (χ4n) is 0.439. The fourth-order valence-corrected chi connectivity index (χ4v) is 0.439. The van der Waals surface area contributed by atoms with Crippen molar-refractivity contribution in [2.75, 3.05) is 6.61 Å². The van der Waals surface area contributed by atoms with Crippen LogP contribution >= 0.6 is 0 Å². The molecule has 0 aliphatic heterocycles. The molecule has 0 unspecified atom stereocenters. The van der Waals surface area contributed by atoms with Gasteiger partial charge in [0, 0.05) is 6.42 Å². The number of halogens is 3. The minimum atomic E-state index is -4.08. The van der Waals surface area contributed by atoms with E-state index in [0.717, 1.165) is 0 Å². The van der Waals surface area contributed by atoms with Gasteiger partial charge in [-0.15, -0.1) is 0 Å². The Bertz CT molecular complexity index is 106. The number of aliphatic hydroxyl groups excluding tert-OH is 1. The molecular formula is C6H9F3O. The minimum Gasteiger partial charge on any atom is -0.392 e. The van der Waals surface area contributed by atoms with Crippen LogP contribution in [0, 0.1) is 0 Å². The Hall–Kier alpha value is -0.510. The monoisotopic (exact) mass is 154 g/mol. The van der Waals surface area contributed by atoms with Gasteiger partial charge in [0.2, 0.25) is 0 Å².